The molecule has 0 aromatic heterocycles. The molecule has 1 rings (SSSR count). The molecular weight excluding hydrogens is 216 g/mol. The molecule has 0 amide bonds. The van der Waals surface area contributed by atoms with E-state index in [1.165, 1.54) is 0 Å². The van der Waals surface area contributed by atoms with Gasteiger partial charge in [-0.25, -0.2) is 0 Å². The third kappa shape index (κ3) is 4.10. The van der Waals surface area contributed by atoms with Gasteiger partial charge in [-0.2, -0.15) is 0 Å². The van der Waals surface area contributed by atoms with Crippen LogP contribution in [-0.4, -0.2) is 17.2 Å². The van der Waals surface area contributed by atoms with Crippen LogP contribution in [0.4, 0.5) is 0 Å². The predicted molar refractivity (Wildman–Crippen MR) is 67.3 cm³/mol. The van der Waals surface area contributed by atoms with Gasteiger partial charge in [0.2, 0.25) is 0 Å². The maximum absolute atomic E-state index is 10.7. The maximum Gasteiger partial charge on any atom is 0.307 e. The molecule has 17 heavy (non-hydrogen) atoms. The Morgan fingerprint density at radius 1 is 1.35 bits per heavy atom. The maximum atomic E-state index is 10.7. The summed E-state index contributed by atoms with van der Waals surface area (Å²) in [6.45, 7) is 6.27. The van der Waals surface area contributed by atoms with Crippen LogP contribution < -0.4 is 4.74 Å². The Morgan fingerprint density at radius 3 is 2.59 bits per heavy atom. The molecule has 0 aliphatic carbocycles. The number of hydrogen-bond donors (Lipinski definition) is 1. The van der Waals surface area contributed by atoms with E-state index in [-0.39, 0.29) is 12.5 Å². The third-order valence-electron chi connectivity index (χ3n) is 3.07. The summed E-state index contributed by atoms with van der Waals surface area (Å²) in [5.74, 6) is 0.299. The molecular formula is C14H20O3. The number of hydrogen-bond acceptors (Lipinski definition) is 2. The van der Waals surface area contributed by atoms with E-state index in [1.807, 2.05) is 25.1 Å². The highest BCUT2D eigenvalue weighted by molar-refractivity contribution is 5.71. The minimum absolute atomic E-state index is 0.00337. The zero-order chi connectivity index (χ0) is 12.8. The fraction of sp³-hybridized carbons (Fsp3) is 0.500. The smallest absolute Gasteiger partial charge is 0.307 e. The first kappa shape index (κ1) is 13.6. The summed E-state index contributed by atoms with van der Waals surface area (Å²) >= 11 is 0. The van der Waals surface area contributed by atoms with Crippen molar-refractivity contribution in [1.29, 1.82) is 0 Å². The lowest BCUT2D eigenvalue weighted by Crippen LogP contribution is -2.21. The highest BCUT2D eigenvalue weighted by Gasteiger charge is 2.14. The molecule has 0 aliphatic heterocycles. The van der Waals surface area contributed by atoms with E-state index < -0.39 is 5.97 Å². The third-order valence-corrected chi connectivity index (χ3v) is 3.07. The number of rotatable bonds is 6. The van der Waals surface area contributed by atoms with E-state index in [4.69, 9.17) is 9.84 Å². The van der Waals surface area contributed by atoms with Crippen LogP contribution in [0.3, 0.4) is 0 Å². The molecule has 0 spiro atoms. The second-order valence-corrected chi connectivity index (χ2v) is 4.39. The van der Waals surface area contributed by atoms with Gasteiger partial charge < -0.3 is 9.84 Å². The first-order valence-electron chi connectivity index (χ1n) is 6.01. The molecule has 0 heterocycles. The Kier molecular flexibility index (Phi) is 5.01. The quantitative estimate of drug-likeness (QED) is 0.825. The molecule has 0 saturated heterocycles. The number of ether oxygens (including phenoxy) is 1. The van der Waals surface area contributed by atoms with Gasteiger partial charge in [0.15, 0.2) is 0 Å². The summed E-state index contributed by atoms with van der Waals surface area (Å²) < 4.78 is 5.84. The fourth-order valence-electron chi connectivity index (χ4n) is 1.58. The number of carbonyl (C=O) groups is 1. The van der Waals surface area contributed by atoms with Gasteiger partial charge in [0.25, 0.3) is 0 Å². The lowest BCUT2D eigenvalue weighted by atomic mass is 10.0. The Morgan fingerprint density at radius 2 is 2.00 bits per heavy atom. The minimum Gasteiger partial charge on any atom is -0.490 e. The molecule has 2 atom stereocenters. The molecule has 0 fully saturated rings. The van der Waals surface area contributed by atoms with Gasteiger partial charge in [-0.05, 0) is 18.9 Å². The van der Waals surface area contributed by atoms with E-state index in [1.54, 1.807) is 6.07 Å². The van der Waals surface area contributed by atoms with E-state index in [0.29, 0.717) is 11.7 Å². The van der Waals surface area contributed by atoms with Gasteiger partial charge in [0.1, 0.15) is 5.75 Å². The van der Waals surface area contributed by atoms with Crippen LogP contribution in [0.5, 0.6) is 5.75 Å². The van der Waals surface area contributed by atoms with Crippen LogP contribution in [0, 0.1) is 5.92 Å². The average Bonchev–Trinajstić information content (AvgIpc) is 2.29. The first-order valence-corrected chi connectivity index (χ1v) is 6.01. The predicted octanol–water partition coefficient (Wildman–Crippen LogP) is 3.13. The SMILES string of the molecule is CCC(C)C(C)Oc1ccccc1CC(=O)O. The monoisotopic (exact) mass is 236 g/mol. The lowest BCUT2D eigenvalue weighted by Gasteiger charge is -2.21. The van der Waals surface area contributed by atoms with Gasteiger partial charge in [-0.15, -0.1) is 0 Å². The molecule has 2 unspecified atom stereocenters. The molecule has 0 radical (unpaired) electrons. The van der Waals surface area contributed by atoms with Crippen molar-refractivity contribution in [2.45, 2.75) is 39.7 Å². The summed E-state index contributed by atoms with van der Waals surface area (Å²) in [7, 11) is 0. The lowest BCUT2D eigenvalue weighted by molar-refractivity contribution is -0.136. The second-order valence-electron chi connectivity index (χ2n) is 4.39. The Bertz CT molecular complexity index is 373. The molecule has 3 heteroatoms. The Balaban J connectivity index is 2.79. The van der Waals surface area contributed by atoms with Crippen molar-refractivity contribution in [3.05, 3.63) is 29.8 Å². The van der Waals surface area contributed by atoms with Crippen molar-refractivity contribution < 1.29 is 14.6 Å². The second kappa shape index (κ2) is 6.28. The highest BCUT2D eigenvalue weighted by Crippen LogP contribution is 2.22. The molecule has 1 aromatic rings. The number of benzene rings is 1. The first-order chi connectivity index (χ1) is 8.04. The number of para-hydroxylation sites is 1. The van der Waals surface area contributed by atoms with E-state index in [9.17, 15) is 4.79 Å². The molecule has 3 nitrogen and oxygen atoms in total. The van der Waals surface area contributed by atoms with Crippen LogP contribution >= 0.6 is 0 Å². The van der Waals surface area contributed by atoms with Crippen LogP contribution in [-0.2, 0) is 11.2 Å². The fourth-order valence-corrected chi connectivity index (χ4v) is 1.58. The summed E-state index contributed by atoms with van der Waals surface area (Å²) in [4.78, 5) is 10.7. The van der Waals surface area contributed by atoms with E-state index in [2.05, 4.69) is 13.8 Å². The normalized spacial score (nSPS) is 14.1. The summed E-state index contributed by atoms with van der Waals surface area (Å²) in [5, 5.41) is 8.83. The van der Waals surface area contributed by atoms with Crippen LogP contribution in [0.1, 0.15) is 32.8 Å². The molecule has 1 aromatic carbocycles. The van der Waals surface area contributed by atoms with Gasteiger partial charge in [0.05, 0.1) is 12.5 Å². The number of aliphatic carboxylic acids is 1. The van der Waals surface area contributed by atoms with Crippen molar-refractivity contribution in [2.24, 2.45) is 5.92 Å². The van der Waals surface area contributed by atoms with Crippen LogP contribution in [0.15, 0.2) is 24.3 Å². The topological polar surface area (TPSA) is 46.5 Å². The zero-order valence-electron chi connectivity index (χ0n) is 10.6. The van der Waals surface area contributed by atoms with Crippen molar-refractivity contribution in [2.75, 3.05) is 0 Å². The number of carboxylic acids is 1. The molecule has 1 N–H and O–H groups in total. The Labute approximate surface area is 102 Å². The summed E-state index contributed by atoms with van der Waals surface area (Å²) in [6.07, 6.45) is 1.14. The summed E-state index contributed by atoms with van der Waals surface area (Å²) in [5.41, 5.74) is 0.732. The van der Waals surface area contributed by atoms with Crippen LogP contribution in [0.25, 0.3) is 0 Å². The Hall–Kier alpha value is -1.51. The van der Waals surface area contributed by atoms with Gasteiger partial charge in [-0.1, -0.05) is 38.5 Å². The van der Waals surface area contributed by atoms with Gasteiger partial charge in [0, 0.05) is 5.56 Å². The summed E-state index contributed by atoms with van der Waals surface area (Å²) in [6, 6.07) is 7.33. The van der Waals surface area contributed by atoms with Crippen molar-refractivity contribution in [1.82, 2.24) is 0 Å². The highest BCUT2D eigenvalue weighted by atomic mass is 16.5. The molecule has 0 bridgehead atoms. The average molecular weight is 236 g/mol. The van der Waals surface area contributed by atoms with Crippen LogP contribution in [0.2, 0.25) is 0 Å². The zero-order valence-corrected chi connectivity index (χ0v) is 10.6. The van der Waals surface area contributed by atoms with E-state index in [0.717, 1.165) is 12.0 Å². The van der Waals surface area contributed by atoms with E-state index >= 15 is 0 Å². The van der Waals surface area contributed by atoms with Crippen molar-refractivity contribution in [3.63, 3.8) is 0 Å². The largest absolute Gasteiger partial charge is 0.490 e. The standard InChI is InChI=1S/C14H20O3/c1-4-10(2)11(3)17-13-8-6-5-7-12(13)9-14(15)16/h5-8,10-11H,4,9H2,1-3H3,(H,15,16). The van der Waals surface area contributed by atoms with Gasteiger partial charge in [-0.3, -0.25) is 4.79 Å². The van der Waals surface area contributed by atoms with Crippen molar-refractivity contribution in [3.8, 4) is 5.75 Å². The molecule has 0 aliphatic rings. The number of carboxylic acid groups (broad SMARTS) is 1. The van der Waals surface area contributed by atoms with Gasteiger partial charge >= 0.3 is 5.97 Å². The molecule has 0 saturated carbocycles. The van der Waals surface area contributed by atoms with Crippen molar-refractivity contribution >= 4 is 5.97 Å². The molecule has 94 valence electrons. The minimum atomic E-state index is -0.836.